The normalized spacial score (nSPS) is 11.2. The first-order chi connectivity index (χ1) is 14.1. The monoisotopic (exact) mass is 421 g/mol. The van der Waals surface area contributed by atoms with Crippen molar-refractivity contribution in [2.75, 3.05) is 0 Å². The summed E-state index contributed by atoms with van der Waals surface area (Å²) in [6, 6.07) is 22.5. The molecule has 0 fully saturated rings. The Morgan fingerprint density at radius 3 is 2.48 bits per heavy atom. The second kappa shape index (κ2) is 8.52. The van der Waals surface area contributed by atoms with E-state index < -0.39 is 0 Å². The highest BCUT2D eigenvalue weighted by Gasteiger charge is 2.09. The van der Waals surface area contributed by atoms with Crippen LogP contribution in [0.5, 0.6) is 0 Å². The van der Waals surface area contributed by atoms with Crippen LogP contribution >= 0.6 is 23.2 Å². The predicted molar refractivity (Wildman–Crippen MR) is 119 cm³/mol. The molecule has 4 nitrogen and oxygen atoms in total. The molecule has 0 unspecified atom stereocenters. The van der Waals surface area contributed by atoms with Gasteiger partial charge in [0.15, 0.2) is 0 Å². The Hall–Kier alpha value is -3.08. The molecule has 0 radical (unpaired) electrons. The van der Waals surface area contributed by atoms with Crippen LogP contribution in [0.25, 0.3) is 10.9 Å². The molecule has 0 saturated heterocycles. The van der Waals surface area contributed by atoms with Gasteiger partial charge in [-0.1, -0.05) is 59.6 Å². The Bertz CT molecular complexity index is 1200. The molecule has 0 bridgehead atoms. The maximum absolute atomic E-state index is 12.2. The average molecular weight is 422 g/mol. The molecule has 3 aromatic carbocycles. The molecule has 0 atom stereocenters. The van der Waals surface area contributed by atoms with E-state index in [1.54, 1.807) is 30.5 Å². The zero-order valence-electron chi connectivity index (χ0n) is 15.3. The smallest absolute Gasteiger partial charge is 0.271 e. The lowest BCUT2D eigenvalue weighted by Gasteiger charge is -2.07. The first kappa shape index (κ1) is 19.2. The van der Waals surface area contributed by atoms with Gasteiger partial charge in [-0.2, -0.15) is 5.10 Å². The predicted octanol–water partition coefficient (Wildman–Crippen LogP) is 5.76. The summed E-state index contributed by atoms with van der Waals surface area (Å²) in [6.45, 7) is 0.644. The van der Waals surface area contributed by atoms with Gasteiger partial charge in [0.2, 0.25) is 0 Å². The number of aromatic nitrogens is 1. The lowest BCUT2D eigenvalue weighted by Crippen LogP contribution is -2.17. The fourth-order valence-corrected chi connectivity index (χ4v) is 3.47. The summed E-state index contributed by atoms with van der Waals surface area (Å²) >= 11 is 12.2. The highest BCUT2D eigenvalue weighted by Crippen LogP contribution is 2.23. The van der Waals surface area contributed by atoms with Crippen LogP contribution in [0.3, 0.4) is 0 Å². The van der Waals surface area contributed by atoms with Crippen LogP contribution in [0.1, 0.15) is 21.5 Å². The number of nitrogens with one attached hydrogen (secondary N) is 1. The van der Waals surface area contributed by atoms with Gasteiger partial charge in [-0.3, -0.25) is 4.79 Å². The molecule has 0 aliphatic rings. The van der Waals surface area contributed by atoms with Crippen LogP contribution in [0.15, 0.2) is 84.1 Å². The van der Waals surface area contributed by atoms with E-state index >= 15 is 0 Å². The Kier molecular flexibility index (Phi) is 5.65. The van der Waals surface area contributed by atoms with Crippen LogP contribution in [-0.4, -0.2) is 16.7 Å². The Morgan fingerprint density at radius 2 is 1.69 bits per heavy atom. The molecular formula is C23H17Cl2N3O. The maximum Gasteiger partial charge on any atom is 0.271 e. The second-order valence-corrected chi connectivity index (χ2v) is 7.37. The molecule has 1 N–H and O–H groups in total. The van der Waals surface area contributed by atoms with Crippen molar-refractivity contribution in [3.63, 3.8) is 0 Å². The van der Waals surface area contributed by atoms with Crippen LogP contribution in [0, 0.1) is 0 Å². The number of hydrogen-bond donors (Lipinski definition) is 1. The van der Waals surface area contributed by atoms with Crippen molar-refractivity contribution < 1.29 is 4.79 Å². The largest absolute Gasteiger partial charge is 0.342 e. The number of hydrazone groups is 1. The van der Waals surface area contributed by atoms with Gasteiger partial charge >= 0.3 is 0 Å². The molecule has 4 rings (SSSR count). The standard InChI is InChI=1S/C23H17Cl2N3O/c24-19-11-9-16(10-12-19)23(29)27-26-13-18-15-28(22-8-4-2-6-20(18)22)14-17-5-1-3-7-21(17)25/h1-13,15H,14H2,(H,27,29)/b26-13-. The third-order valence-corrected chi connectivity index (χ3v) is 5.21. The van der Waals surface area contributed by atoms with E-state index in [0.717, 1.165) is 27.1 Å². The topological polar surface area (TPSA) is 46.4 Å². The molecule has 1 aromatic heterocycles. The molecule has 144 valence electrons. The zero-order chi connectivity index (χ0) is 20.2. The number of benzene rings is 3. The Labute approximate surface area is 178 Å². The minimum absolute atomic E-state index is 0.294. The average Bonchev–Trinajstić information content (AvgIpc) is 3.08. The molecule has 6 heteroatoms. The number of carbonyl (C=O) groups is 1. The molecule has 1 heterocycles. The fraction of sp³-hybridized carbons (Fsp3) is 0.0435. The van der Waals surface area contributed by atoms with E-state index in [1.165, 1.54) is 0 Å². The summed E-state index contributed by atoms with van der Waals surface area (Å²) in [5, 5.41) is 6.49. The summed E-state index contributed by atoms with van der Waals surface area (Å²) in [5.41, 5.74) is 6.06. The second-order valence-electron chi connectivity index (χ2n) is 6.53. The maximum atomic E-state index is 12.2. The highest BCUT2D eigenvalue weighted by molar-refractivity contribution is 6.31. The summed E-state index contributed by atoms with van der Waals surface area (Å²) in [7, 11) is 0. The number of para-hydroxylation sites is 1. The Morgan fingerprint density at radius 1 is 0.966 bits per heavy atom. The number of fused-ring (bicyclic) bond motifs is 1. The van der Waals surface area contributed by atoms with E-state index in [1.807, 2.05) is 48.7 Å². The molecule has 0 aliphatic heterocycles. The van der Waals surface area contributed by atoms with Crippen LogP contribution in [-0.2, 0) is 6.54 Å². The van der Waals surface area contributed by atoms with Crippen molar-refractivity contribution in [3.8, 4) is 0 Å². The molecule has 0 aliphatic carbocycles. The third kappa shape index (κ3) is 4.34. The molecular weight excluding hydrogens is 405 g/mol. The van der Waals surface area contributed by atoms with Crippen molar-refractivity contribution >= 4 is 46.2 Å². The lowest BCUT2D eigenvalue weighted by molar-refractivity contribution is 0.0955. The minimum Gasteiger partial charge on any atom is -0.342 e. The number of carbonyl (C=O) groups excluding carboxylic acids is 1. The molecule has 29 heavy (non-hydrogen) atoms. The zero-order valence-corrected chi connectivity index (χ0v) is 16.9. The van der Waals surface area contributed by atoms with Crippen LogP contribution in [0.4, 0.5) is 0 Å². The molecule has 0 saturated carbocycles. The van der Waals surface area contributed by atoms with E-state index in [0.29, 0.717) is 17.1 Å². The van der Waals surface area contributed by atoms with E-state index in [9.17, 15) is 4.79 Å². The first-order valence-electron chi connectivity index (χ1n) is 9.02. The molecule has 0 spiro atoms. The summed E-state index contributed by atoms with van der Waals surface area (Å²) < 4.78 is 2.12. The SMILES string of the molecule is O=C(N/N=C\c1cn(Cc2ccccc2Cl)c2ccccc12)c1ccc(Cl)cc1. The van der Waals surface area contributed by atoms with Crippen molar-refractivity contribution in [3.05, 3.63) is 106 Å². The van der Waals surface area contributed by atoms with Gasteiger partial charge in [0.1, 0.15) is 0 Å². The Balaban J connectivity index is 1.57. The number of rotatable bonds is 5. The van der Waals surface area contributed by atoms with E-state index in [4.69, 9.17) is 23.2 Å². The van der Waals surface area contributed by atoms with Gasteiger partial charge in [-0.05, 0) is 42.0 Å². The van der Waals surface area contributed by atoms with Gasteiger partial charge in [0.25, 0.3) is 5.91 Å². The van der Waals surface area contributed by atoms with Crippen molar-refractivity contribution in [2.45, 2.75) is 6.54 Å². The lowest BCUT2D eigenvalue weighted by atomic mass is 10.2. The van der Waals surface area contributed by atoms with Crippen molar-refractivity contribution in [2.24, 2.45) is 5.10 Å². The van der Waals surface area contributed by atoms with Crippen molar-refractivity contribution in [1.82, 2.24) is 9.99 Å². The van der Waals surface area contributed by atoms with Gasteiger partial charge in [0.05, 0.1) is 6.21 Å². The number of amides is 1. The number of hydrogen-bond acceptors (Lipinski definition) is 2. The van der Waals surface area contributed by atoms with Gasteiger partial charge in [-0.25, -0.2) is 5.43 Å². The molecule has 4 aromatic rings. The third-order valence-electron chi connectivity index (χ3n) is 4.59. The number of halogens is 2. The van der Waals surface area contributed by atoms with Gasteiger partial charge in [-0.15, -0.1) is 0 Å². The summed E-state index contributed by atoms with van der Waals surface area (Å²) in [4.78, 5) is 12.2. The van der Waals surface area contributed by atoms with Gasteiger partial charge < -0.3 is 4.57 Å². The van der Waals surface area contributed by atoms with E-state index in [2.05, 4.69) is 21.2 Å². The minimum atomic E-state index is -0.294. The number of nitrogens with zero attached hydrogens (tertiary/aromatic N) is 2. The van der Waals surface area contributed by atoms with Gasteiger partial charge in [0, 0.05) is 44.8 Å². The fourth-order valence-electron chi connectivity index (χ4n) is 3.15. The van der Waals surface area contributed by atoms with Crippen LogP contribution < -0.4 is 5.43 Å². The van der Waals surface area contributed by atoms with Crippen LogP contribution in [0.2, 0.25) is 10.0 Å². The summed E-state index contributed by atoms with van der Waals surface area (Å²) in [6.07, 6.45) is 3.66. The quantitative estimate of drug-likeness (QED) is 0.323. The molecule has 1 amide bonds. The first-order valence-corrected chi connectivity index (χ1v) is 9.77. The highest BCUT2D eigenvalue weighted by atomic mass is 35.5. The van der Waals surface area contributed by atoms with E-state index in [-0.39, 0.29) is 5.91 Å². The summed E-state index contributed by atoms with van der Waals surface area (Å²) in [5.74, 6) is -0.294. The van der Waals surface area contributed by atoms with Crippen molar-refractivity contribution in [1.29, 1.82) is 0 Å².